The van der Waals surface area contributed by atoms with Crippen molar-refractivity contribution in [2.45, 2.75) is 0 Å². The summed E-state index contributed by atoms with van der Waals surface area (Å²) >= 11 is 5.76. The summed E-state index contributed by atoms with van der Waals surface area (Å²) in [6.45, 7) is 0. The number of ether oxygens (including phenoxy) is 1. The zero-order valence-corrected chi connectivity index (χ0v) is 9.78. The molecule has 0 unspecified atom stereocenters. The molecule has 2 N–H and O–H groups in total. The van der Waals surface area contributed by atoms with Crippen molar-refractivity contribution in [2.24, 2.45) is 0 Å². The second-order valence-electron chi connectivity index (χ2n) is 3.23. The Morgan fingerprint density at radius 2 is 2.06 bits per heavy atom. The van der Waals surface area contributed by atoms with Gasteiger partial charge in [0, 0.05) is 12.7 Å². The van der Waals surface area contributed by atoms with Crippen LogP contribution in [0.4, 0.5) is 5.69 Å². The second kappa shape index (κ2) is 4.88. The predicted molar refractivity (Wildman–Crippen MR) is 65.9 cm³/mol. The van der Waals surface area contributed by atoms with Gasteiger partial charge in [-0.1, -0.05) is 11.6 Å². The summed E-state index contributed by atoms with van der Waals surface area (Å²) in [4.78, 5) is 17.4. The van der Waals surface area contributed by atoms with E-state index in [2.05, 4.69) is 15.3 Å². The van der Waals surface area contributed by atoms with E-state index in [1.807, 2.05) is 19.2 Å². The van der Waals surface area contributed by atoms with Gasteiger partial charge in [0.2, 0.25) is 5.88 Å². The Bertz CT molecular complexity index is 566. The number of anilines is 1. The molecule has 2 aromatic rings. The fraction of sp³-hybridized carbons (Fsp3) is 0.0909. The van der Waals surface area contributed by atoms with Gasteiger partial charge in [0.1, 0.15) is 5.75 Å². The lowest BCUT2D eigenvalue weighted by Crippen LogP contribution is -2.07. The minimum atomic E-state index is -0.427. The van der Waals surface area contributed by atoms with E-state index >= 15 is 0 Å². The number of benzene rings is 1. The smallest absolute Gasteiger partial charge is 0.273 e. The van der Waals surface area contributed by atoms with Crippen molar-refractivity contribution in [3.05, 3.63) is 46.0 Å². The fourth-order valence-corrected chi connectivity index (χ4v) is 1.38. The lowest BCUT2D eigenvalue weighted by molar-refractivity contribution is 0.461. The molecule has 1 heterocycles. The van der Waals surface area contributed by atoms with E-state index in [9.17, 15) is 4.79 Å². The maximum absolute atomic E-state index is 11.2. The number of nitrogens with zero attached hydrogens (tertiary/aromatic N) is 1. The minimum Gasteiger partial charge on any atom is -0.437 e. The van der Waals surface area contributed by atoms with Crippen molar-refractivity contribution < 1.29 is 4.74 Å². The predicted octanol–water partition coefficient (Wildman–Crippen LogP) is 2.26. The summed E-state index contributed by atoms with van der Waals surface area (Å²) in [5, 5.41) is 2.92. The molecule has 1 aromatic carbocycles. The first-order chi connectivity index (χ1) is 8.20. The number of H-pyrrole nitrogens is 1. The highest BCUT2D eigenvalue weighted by Crippen LogP contribution is 2.24. The molecule has 5 nitrogen and oxygen atoms in total. The molecule has 0 amide bonds. The van der Waals surface area contributed by atoms with Crippen LogP contribution in [0.15, 0.2) is 35.4 Å². The third-order valence-electron chi connectivity index (χ3n) is 2.12. The van der Waals surface area contributed by atoms with Crippen molar-refractivity contribution >= 4 is 17.3 Å². The van der Waals surface area contributed by atoms with Gasteiger partial charge in [-0.15, -0.1) is 0 Å². The first-order valence-corrected chi connectivity index (χ1v) is 5.27. The molecule has 6 heteroatoms. The average Bonchev–Trinajstić information content (AvgIpc) is 2.36. The van der Waals surface area contributed by atoms with Crippen LogP contribution < -0.4 is 15.6 Å². The van der Waals surface area contributed by atoms with Crippen LogP contribution in [-0.4, -0.2) is 17.0 Å². The molecule has 17 heavy (non-hydrogen) atoms. The van der Waals surface area contributed by atoms with Crippen LogP contribution in [-0.2, 0) is 0 Å². The van der Waals surface area contributed by atoms with E-state index in [4.69, 9.17) is 16.3 Å². The summed E-state index contributed by atoms with van der Waals surface area (Å²) in [6, 6.07) is 7.20. The van der Waals surface area contributed by atoms with E-state index in [-0.39, 0.29) is 10.9 Å². The maximum Gasteiger partial charge on any atom is 0.273 e. The highest BCUT2D eigenvalue weighted by Gasteiger charge is 2.07. The zero-order chi connectivity index (χ0) is 12.3. The average molecular weight is 252 g/mol. The fourth-order valence-electron chi connectivity index (χ4n) is 1.24. The van der Waals surface area contributed by atoms with E-state index in [0.29, 0.717) is 5.75 Å². The Morgan fingerprint density at radius 1 is 1.35 bits per heavy atom. The van der Waals surface area contributed by atoms with Crippen molar-refractivity contribution in [1.82, 2.24) is 9.97 Å². The highest BCUT2D eigenvalue weighted by atomic mass is 35.5. The first-order valence-electron chi connectivity index (χ1n) is 4.89. The van der Waals surface area contributed by atoms with E-state index < -0.39 is 5.56 Å². The number of aromatic nitrogens is 2. The molecule has 88 valence electrons. The summed E-state index contributed by atoms with van der Waals surface area (Å²) in [5.74, 6) is 0.650. The lowest BCUT2D eigenvalue weighted by Gasteiger charge is -2.06. The van der Waals surface area contributed by atoms with Crippen molar-refractivity contribution in [2.75, 3.05) is 12.4 Å². The van der Waals surface area contributed by atoms with Gasteiger partial charge in [-0.3, -0.25) is 4.79 Å². The Balaban J connectivity index is 2.25. The molecule has 0 radical (unpaired) electrons. The molecule has 0 aliphatic rings. The lowest BCUT2D eigenvalue weighted by atomic mass is 10.3. The van der Waals surface area contributed by atoms with E-state index in [1.165, 1.54) is 6.33 Å². The van der Waals surface area contributed by atoms with E-state index in [0.717, 1.165) is 5.69 Å². The Kier molecular flexibility index (Phi) is 3.30. The number of hydrogen-bond acceptors (Lipinski definition) is 4. The molecular weight excluding hydrogens is 242 g/mol. The topological polar surface area (TPSA) is 67.0 Å². The summed E-state index contributed by atoms with van der Waals surface area (Å²) in [6.07, 6.45) is 1.24. The third-order valence-corrected chi connectivity index (χ3v) is 2.46. The molecule has 0 aliphatic carbocycles. The molecule has 0 aliphatic heterocycles. The molecular formula is C11H10ClN3O2. The van der Waals surface area contributed by atoms with Crippen LogP contribution in [0.2, 0.25) is 5.02 Å². The van der Waals surface area contributed by atoms with Crippen LogP contribution in [0.25, 0.3) is 0 Å². The van der Waals surface area contributed by atoms with Gasteiger partial charge in [-0.2, -0.15) is 0 Å². The summed E-state index contributed by atoms with van der Waals surface area (Å²) in [5.41, 5.74) is 0.533. The molecule has 0 saturated heterocycles. The highest BCUT2D eigenvalue weighted by molar-refractivity contribution is 6.31. The number of nitrogens with one attached hydrogen (secondary N) is 2. The van der Waals surface area contributed by atoms with Crippen LogP contribution in [0.3, 0.4) is 0 Å². The first kappa shape index (κ1) is 11.5. The summed E-state index contributed by atoms with van der Waals surface area (Å²) in [7, 11) is 1.82. The van der Waals surface area contributed by atoms with Crippen molar-refractivity contribution in [3.63, 3.8) is 0 Å². The largest absolute Gasteiger partial charge is 0.437 e. The van der Waals surface area contributed by atoms with Crippen molar-refractivity contribution in [1.29, 1.82) is 0 Å². The number of halogens is 1. The summed E-state index contributed by atoms with van der Waals surface area (Å²) < 4.78 is 5.40. The van der Waals surface area contributed by atoms with E-state index in [1.54, 1.807) is 12.1 Å². The van der Waals surface area contributed by atoms with Gasteiger partial charge in [-0.25, -0.2) is 4.98 Å². The van der Waals surface area contributed by atoms with Crippen LogP contribution >= 0.6 is 11.6 Å². The van der Waals surface area contributed by atoms with Gasteiger partial charge < -0.3 is 15.0 Å². The minimum absolute atomic E-state index is 0.0646. The van der Waals surface area contributed by atoms with Gasteiger partial charge in [0.05, 0.1) is 6.33 Å². The molecule has 0 atom stereocenters. The van der Waals surface area contributed by atoms with Gasteiger partial charge in [-0.05, 0) is 24.3 Å². The molecule has 0 bridgehead atoms. The Morgan fingerprint density at radius 3 is 2.71 bits per heavy atom. The van der Waals surface area contributed by atoms with Crippen LogP contribution in [0.1, 0.15) is 0 Å². The maximum atomic E-state index is 11.2. The quantitative estimate of drug-likeness (QED) is 0.878. The van der Waals surface area contributed by atoms with Gasteiger partial charge >= 0.3 is 0 Å². The normalized spacial score (nSPS) is 10.0. The number of hydrogen-bond donors (Lipinski definition) is 2. The number of aromatic amines is 1. The third kappa shape index (κ3) is 2.57. The molecule has 0 spiro atoms. The van der Waals surface area contributed by atoms with Crippen LogP contribution in [0, 0.1) is 0 Å². The van der Waals surface area contributed by atoms with Gasteiger partial charge in [0.25, 0.3) is 5.56 Å². The molecule has 0 saturated carbocycles. The zero-order valence-electron chi connectivity index (χ0n) is 9.03. The molecule has 1 aromatic heterocycles. The monoisotopic (exact) mass is 251 g/mol. The van der Waals surface area contributed by atoms with Gasteiger partial charge in [0.15, 0.2) is 5.02 Å². The Hall–Kier alpha value is -2.01. The standard InChI is InChI=1S/C11H10ClN3O2/c1-13-7-2-4-8(5-3-7)17-11-9(12)10(16)14-6-15-11/h2-6,13H,1H3,(H,14,15,16). The Labute approximate surface area is 102 Å². The number of rotatable bonds is 3. The SMILES string of the molecule is CNc1ccc(Oc2nc[nH]c(=O)c2Cl)cc1. The van der Waals surface area contributed by atoms with Crippen LogP contribution in [0.5, 0.6) is 11.6 Å². The second-order valence-corrected chi connectivity index (χ2v) is 3.61. The van der Waals surface area contributed by atoms with Crippen molar-refractivity contribution in [3.8, 4) is 11.6 Å². The molecule has 0 fully saturated rings. The molecule has 2 rings (SSSR count).